The standard InChI is InChI=1S/C21H30N2O2S/c24-19-14-9-5-3-1-2-4-6-10-15(13-14)20(25)18(19)21-22-16-11-7-8-12-17(16)26-23-21/h14-15,24H,1-13H2,(H,22,23). The lowest BCUT2D eigenvalue weighted by Gasteiger charge is -2.32. The van der Waals surface area contributed by atoms with Crippen LogP contribution < -0.4 is 4.72 Å². The molecule has 1 fully saturated rings. The minimum atomic E-state index is 0.0558. The molecular weight excluding hydrogens is 344 g/mol. The van der Waals surface area contributed by atoms with Gasteiger partial charge in [0.15, 0.2) is 11.6 Å². The van der Waals surface area contributed by atoms with Crippen LogP contribution in [0.2, 0.25) is 0 Å². The van der Waals surface area contributed by atoms with Crippen molar-refractivity contribution in [3.63, 3.8) is 0 Å². The molecule has 3 aliphatic carbocycles. The van der Waals surface area contributed by atoms with Crippen LogP contribution in [0.4, 0.5) is 0 Å². The average Bonchev–Trinajstić information content (AvgIpc) is 2.71. The van der Waals surface area contributed by atoms with Crippen molar-refractivity contribution in [1.82, 2.24) is 4.72 Å². The van der Waals surface area contributed by atoms with Crippen molar-refractivity contribution in [2.75, 3.05) is 0 Å². The van der Waals surface area contributed by atoms with Crippen LogP contribution in [0.3, 0.4) is 0 Å². The van der Waals surface area contributed by atoms with Gasteiger partial charge in [0.1, 0.15) is 5.76 Å². The highest BCUT2D eigenvalue weighted by molar-refractivity contribution is 8.01. The van der Waals surface area contributed by atoms with E-state index in [4.69, 9.17) is 4.99 Å². The number of nitrogens with zero attached hydrogens (tertiary/aromatic N) is 1. The Bertz CT molecular complexity index is 665. The first kappa shape index (κ1) is 18.1. The first-order valence-electron chi connectivity index (χ1n) is 10.5. The lowest BCUT2D eigenvalue weighted by Crippen LogP contribution is -2.36. The van der Waals surface area contributed by atoms with Crippen LogP contribution >= 0.6 is 11.9 Å². The number of carbonyl (C=O) groups is 1. The Morgan fingerprint density at radius 3 is 2.42 bits per heavy atom. The Kier molecular flexibility index (Phi) is 5.72. The molecule has 4 nitrogen and oxygen atoms in total. The third-order valence-electron chi connectivity index (χ3n) is 6.33. The van der Waals surface area contributed by atoms with E-state index >= 15 is 0 Å². The molecule has 0 radical (unpaired) electrons. The molecule has 0 aromatic rings. The number of carbonyl (C=O) groups excluding carboxylic acids is 1. The summed E-state index contributed by atoms with van der Waals surface area (Å²) < 4.78 is 3.28. The van der Waals surface area contributed by atoms with E-state index in [9.17, 15) is 9.90 Å². The molecule has 0 amide bonds. The number of amidine groups is 1. The number of hydrogen-bond acceptors (Lipinski definition) is 5. The molecule has 0 saturated heterocycles. The number of aliphatic imine (C=N–C) groups is 1. The minimum absolute atomic E-state index is 0.0558. The Hall–Kier alpha value is -1.23. The van der Waals surface area contributed by atoms with Gasteiger partial charge in [0, 0.05) is 16.7 Å². The van der Waals surface area contributed by atoms with Crippen molar-refractivity contribution in [2.45, 2.75) is 83.5 Å². The molecule has 2 N–H and O–H groups in total. The second kappa shape index (κ2) is 8.20. The number of rotatable bonds is 1. The van der Waals surface area contributed by atoms with Crippen molar-refractivity contribution in [2.24, 2.45) is 16.8 Å². The summed E-state index contributed by atoms with van der Waals surface area (Å²) in [6, 6.07) is 0. The Morgan fingerprint density at radius 2 is 1.62 bits per heavy atom. The number of ketones is 1. The number of nitrogens with one attached hydrogen (secondary N) is 1. The van der Waals surface area contributed by atoms with Gasteiger partial charge in [-0.3, -0.25) is 4.79 Å². The molecule has 142 valence electrons. The van der Waals surface area contributed by atoms with Gasteiger partial charge in [-0.1, -0.05) is 38.5 Å². The van der Waals surface area contributed by atoms with E-state index in [0.29, 0.717) is 17.2 Å². The molecule has 5 heteroatoms. The number of hydrogen-bond donors (Lipinski definition) is 2. The van der Waals surface area contributed by atoms with Crippen molar-refractivity contribution in [1.29, 1.82) is 0 Å². The maximum absolute atomic E-state index is 13.2. The minimum Gasteiger partial charge on any atom is -0.511 e. The van der Waals surface area contributed by atoms with E-state index in [0.717, 1.165) is 50.6 Å². The number of aliphatic hydroxyl groups excluding tert-OH is 1. The normalized spacial score (nSPS) is 30.9. The lowest BCUT2D eigenvalue weighted by molar-refractivity contribution is -0.120. The predicted octanol–water partition coefficient (Wildman–Crippen LogP) is 5.57. The highest BCUT2D eigenvalue weighted by Gasteiger charge is 2.38. The van der Waals surface area contributed by atoms with E-state index < -0.39 is 0 Å². The SMILES string of the molecule is O=C1C(C2=NC3=C(CCCC3)SN2)=C(O)C2CCCCCCCCC1C2. The van der Waals surface area contributed by atoms with Crippen LogP contribution in [0.5, 0.6) is 0 Å². The van der Waals surface area contributed by atoms with Crippen LogP contribution in [0.25, 0.3) is 0 Å². The number of allylic oxidation sites excluding steroid dienone is 3. The molecule has 2 atom stereocenters. The second-order valence-corrected chi connectivity index (χ2v) is 9.10. The molecule has 4 rings (SSSR count). The van der Waals surface area contributed by atoms with E-state index in [1.165, 1.54) is 43.4 Å². The molecule has 1 heterocycles. The van der Waals surface area contributed by atoms with Crippen molar-refractivity contribution in [3.05, 3.63) is 21.9 Å². The quantitative estimate of drug-likeness (QED) is 0.589. The van der Waals surface area contributed by atoms with Gasteiger partial charge in [0.05, 0.1) is 11.3 Å². The molecule has 4 aliphatic rings. The predicted molar refractivity (Wildman–Crippen MR) is 107 cm³/mol. The topological polar surface area (TPSA) is 61.7 Å². The maximum atomic E-state index is 13.2. The van der Waals surface area contributed by atoms with Crippen molar-refractivity contribution >= 4 is 23.6 Å². The van der Waals surface area contributed by atoms with Gasteiger partial charge in [-0.05, 0) is 56.9 Å². The van der Waals surface area contributed by atoms with Gasteiger partial charge in [0.25, 0.3) is 0 Å². The van der Waals surface area contributed by atoms with E-state index in [1.807, 2.05) is 0 Å². The molecule has 0 aromatic carbocycles. The summed E-state index contributed by atoms with van der Waals surface area (Å²) in [5, 5.41) is 11.0. The maximum Gasteiger partial charge on any atom is 0.173 e. The van der Waals surface area contributed by atoms with Crippen LogP contribution in [0.1, 0.15) is 83.5 Å². The highest BCUT2D eigenvalue weighted by atomic mass is 32.2. The van der Waals surface area contributed by atoms with Crippen LogP contribution in [-0.2, 0) is 4.79 Å². The zero-order valence-corrected chi connectivity index (χ0v) is 16.4. The van der Waals surface area contributed by atoms with Gasteiger partial charge in [0.2, 0.25) is 0 Å². The van der Waals surface area contributed by atoms with E-state index in [-0.39, 0.29) is 17.6 Å². The molecule has 1 aliphatic heterocycles. The summed E-state index contributed by atoms with van der Waals surface area (Å²) in [5.74, 6) is 1.21. The summed E-state index contributed by atoms with van der Waals surface area (Å²) in [5.41, 5.74) is 1.62. The number of Topliss-reactive ketones (excluding diaryl/α,β-unsaturated/α-hetero) is 1. The molecule has 2 unspecified atom stereocenters. The average molecular weight is 375 g/mol. The molecule has 26 heavy (non-hydrogen) atoms. The van der Waals surface area contributed by atoms with Gasteiger partial charge in [-0.15, -0.1) is 0 Å². The third-order valence-corrected chi connectivity index (χ3v) is 7.31. The zero-order chi connectivity index (χ0) is 17.9. The van der Waals surface area contributed by atoms with Gasteiger partial charge in [-0.25, -0.2) is 4.99 Å². The summed E-state index contributed by atoms with van der Waals surface area (Å²) in [6.45, 7) is 0. The Labute approximate surface area is 160 Å². The molecule has 0 spiro atoms. The Balaban J connectivity index is 1.65. The van der Waals surface area contributed by atoms with Crippen molar-refractivity contribution in [3.8, 4) is 0 Å². The fourth-order valence-corrected chi connectivity index (χ4v) is 5.67. The third kappa shape index (κ3) is 3.73. The Morgan fingerprint density at radius 1 is 0.923 bits per heavy atom. The second-order valence-electron chi connectivity index (χ2n) is 8.19. The van der Waals surface area contributed by atoms with E-state index in [2.05, 4.69) is 4.72 Å². The molecule has 1 saturated carbocycles. The molecular formula is C21H30N2O2S. The van der Waals surface area contributed by atoms with Crippen molar-refractivity contribution < 1.29 is 9.90 Å². The smallest absolute Gasteiger partial charge is 0.173 e. The fraction of sp³-hybridized carbons (Fsp3) is 0.714. The fourth-order valence-electron chi connectivity index (χ4n) is 4.79. The van der Waals surface area contributed by atoms with Gasteiger partial charge >= 0.3 is 0 Å². The first-order chi connectivity index (χ1) is 12.7. The van der Waals surface area contributed by atoms with E-state index in [1.54, 1.807) is 11.9 Å². The lowest BCUT2D eigenvalue weighted by atomic mass is 9.75. The number of fused-ring (bicyclic) bond motifs is 2. The zero-order valence-electron chi connectivity index (χ0n) is 15.6. The van der Waals surface area contributed by atoms with Crippen LogP contribution in [0, 0.1) is 11.8 Å². The summed E-state index contributed by atoms with van der Waals surface area (Å²) in [7, 11) is 0. The summed E-state index contributed by atoms with van der Waals surface area (Å²) >= 11 is 1.60. The number of aliphatic hydroxyl groups is 1. The monoisotopic (exact) mass is 374 g/mol. The van der Waals surface area contributed by atoms with Gasteiger partial charge in [-0.2, -0.15) is 0 Å². The van der Waals surface area contributed by atoms with Gasteiger partial charge < -0.3 is 9.83 Å². The largest absolute Gasteiger partial charge is 0.511 e. The highest BCUT2D eigenvalue weighted by Crippen LogP contribution is 2.40. The summed E-state index contributed by atoms with van der Waals surface area (Å²) in [6.07, 6.45) is 14.5. The van der Waals surface area contributed by atoms with Crippen LogP contribution in [-0.4, -0.2) is 16.7 Å². The first-order valence-corrected chi connectivity index (χ1v) is 11.3. The molecule has 2 bridgehead atoms. The van der Waals surface area contributed by atoms with Crippen LogP contribution in [0.15, 0.2) is 26.9 Å². The molecule has 0 aromatic heterocycles. The summed E-state index contributed by atoms with van der Waals surface area (Å²) in [4.78, 5) is 19.3.